The summed E-state index contributed by atoms with van der Waals surface area (Å²) in [6.07, 6.45) is 4.77. The molecule has 0 aliphatic rings. The van der Waals surface area contributed by atoms with E-state index in [1.807, 2.05) is 39.0 Å². The van der Waals surface area contributed by atoms with Crippen molar-refractivity contribution in [2.24, 2.45) is 0 Å². The molecule has 6 nitrogen and oxygen atoms in total. The van der Waals surface area contributed by atoms with Gasteiger partial charge in [-0.25, -0.2) is 27.3 Å². The topological polar surface area (TPSA) is 77.7 Å². The Morgan fingerprint density at radius 3 is 2.37 bits per heavy atom. The van der Waals surface area contributed by atoms with E-state index in [1.54, 1.807) is 55.0 Å². The minimum atomic E-state index is -3.85. The number of hydrogen-bond acceptors (Lipinski definition) is 5. The van der Waals surface area contributed by atoms with Crippen LogP contribution in [0.25, 0.3) is 22.3 Å². The normalized spacial score (nSPS) is 11.3. The van der Waals surface area contributed by atoms with E-state index in [9.17, 15) is 8.42 Å². The number of hydrogen-bond donors (Lipinski definition) is 0. The molecule has 35 heavy (non-hydrogen) atoms. The summed E-state index contributed by atoms with van der Waals surface area (Å²) < 4.78 is 28.1. The fraction of sp³-hybridized carbons (Fsp3) is 0.107. The number of fused-ring (bicyclic) bond motifs is 1. The average molecular weight is 479 g/mol. The van der Waals surface area contributed by atoms with Crippen molar-refractivity contribution in [1.29, 1.82) is 0 Å². The molecule has 0 bridgehead atoms. The van der Waals surface area contributed by atoms with Crippen LogP contribution in [0.4, 0.5) is 0 Å². The van der Waals surface area contributed by atoms with Gasteiger partial charge in [0.1, 0.15) is 0 Å². The Balaban J connectivity index is 1.60. The second kappa shape index (κ2) is 8.82. The number of aromatic nitrogens is 4. The zero-order valence-electron chi connectivity index (χ0n) is 19.5. The number of aryl methyl sites for hydroxylation is 3. The quantitative estimate of drug-likeness (QED) is 0.339. The lowest BCUT2D eigenvalue weighted by molar-refractivity contribution is 0.589. The molecule has 0 spiro atoms. The van der Waals surface area contributed by atoms with Gasteiger partial charge in [0, 0.05) is 35.1 Å². The van der Waals surface area contributed by atoms with E-state index < -0.39 is 10.0 Å². The highest BCUT2D eigenvalue weighted by Gasteiger charge is 2.23. The van der Waals surface area contributed by atoms with Crippen molar-refractivity contribution >= 4 is 21.1 Å². The van der Waals surface area contributed by atoms with Gasteiger partial charge in [-0.05, 0) is 68.7 Å². The van der Waals surface area contributed by atoms with E-state index in [2.05, 4.69) is 32.9 Å². The lowest BCUT2D eigenvalue weighted by Crippen LogP contribution is -2.12. The van der Waals surface area contributed by atoms with Gasteiger partial charge in [0.25, 0.3) is 10.0 Å². The zero-order chi connectivity index (χ0) is 24.6. The second-order valence-electron chi connectivity index (χ2n) is 8.37. The highest BCUT2D eigenvalue weighted by atomic mass is 32.2. The highest BCUT2D eigenvalue weighted by Crippen LogP contribution is 2.31. The maximum absolute atomic E-state index is 13.5. The highest BCUT2D eigenvalue weighted by molar-refractivity contribution is 7.90. The van der Waals surface area contributed by atoms with Crippen LogP contribution < -0.4 is 0 Å². The van der Waals surface area contributed by atoms with Crippen molar-refractivity contribution < 1.29 is 8.42 Å². The van der Waals surface area contributed by atoms with Crippen LogP contribution in [0.15, 0.2) is 84.1 Å². The Morgan fingerprint density at radius 2 is 1.60 bits per heavy atom. The van der Waals surface area contributed by atoms with Crippen molar-refractivity contribution in [2.45, 2.75) is 25.7 Å². The third-order valence-corrected chi connectivity index (χ3v) is 7.40. The number of benzene rings is 2. The van der Waals surface area contributed by atoms with Crippen LogP contribution in [0.5, 0.6) is 0 Å². The van der Waals surface area contributed by atoms with Gasteiger partial charge in [-0.3, -0.25) is 0 Å². The van der Waals surface area contributed by atoms with E-state index in [0.717, 1.165) is 16.7 Å². The van der Waals surface area contributed by atoms with Crippen LogP contribution in [0.1, 0.15) is 28.1 Å². The molecule has 0 radical (unpaired) electrons. The van der Waals surface area contributed by atoms with Crippen LogP contribution in [-0.4, -0.2) is 27.3 Å². The van der Waals surface area contributed by atoms with Gasteiger partial charge in [-0.2, -0.15) is 0 Å². The molecule has 0 aliphatic carbocycles. The van der Waals surface area contributed by atoms with Crippen molar-refractivity contribution in [2.75, 3.05) is 0 Å². The first-order valence-electron chi connectivity index (χ1n) is 11.0. The fourth-order valence-corrected chi connectivity index (χ4v) is 5.21. The zero-order valence-corrected chi connectivity index (χ0v) is 20.3. The number of rotatable bonds is 3. The predicted molar refractivity (Wildman–Crippen MR) is 136 cm³/mol. The standard InChI is InChI=1S/C28H22N4O2S/c1-19-7-11-23(12-8-19)35(33,34)32-18-25(24-5-4-15-30-28(24)32)26-14-16-29-27(31-26)13-10-22-9-6-20(2)17-21(22)3/h4-9,11-12,14-18H,1-3H3. The molecule has 0 unspecified atom stereocenters. The Morgan fingerprint density at radius 1 is 0.829 bits per heavy atom. The summed E-state index contributed by atoms with van der Waals surface area (Å²) in [5.74, 6) is 6.53. The van der Waals surface area contributed by atoms with E-state index in [-0.39, 0.29) is 4.90 Å². The number of nitrogens with zero attached hydrogens (tertiary/aromatic N) is 4. The summed E-state index contributed by atoms with van der Waals surface area (Å²) in [6.45, 7) is 5.97. The first kappa shape index (κ1) is 22.5. The molecule has 5 rings (SSSR count). The summed E-state index contributed by atoms with van der Waals surface area (Å²) >= 11 is 0. The minimum Gasteiger partial charge on any atom is -0.237 e. The van der Waals surface area contributed by atoms with Gasteiger partial charge in [-0.15, -0.1) is 0 Å². The summed E-state index contributed by atoms with van der Waals surface area (Å²) in [5, 5.41) is 0.676. The third kappa shape index (κ3) is 4.32. The van der Waals surface area contributed by atoms with E-state index in [0.29, 0.717) is 28.1 Å². The molecule has 0 aliphatic heterocycles. The summed E-state index contributed by atoms with van der Waals surface area (Å²) in [6, 6.07) is 18.2. The van der Waals surface area contributed by atoms with Gasteiger partial charge in [0.05, 0.1) is 10.6 Å². The van der Waals surface area contributed by atoms with Gasteiger partial charge < -0.3 is 0 Å². The molecular weight excluding hydrogens is 456 g/mol. The largest absolute Gasteiger partial charge is 0.269 e. The van der Waals surface area contributed by atoms with Gasteiger partial charge in [0.2, 0.25) is 5.82 Å². The van der Waals surface area contributed by atoms with Crippen molar-refractivity contribution in [1.82, 2.24) is 18.9 Å². The molecular formula is C28H22N4O2S. The van der Waals surface area contributed by atoms with Crippen LogP contribution in [0.2, 0.25) is 0 Å². The summed E-state index contributed by atoms with van der Waals surface area (Å²) in [7, 11) is -3.85. The predicted octanol–water partition coefficient (Wildman–Crippen LogP) is 5.06. The van der Waals surface area contributed by atoms with Crippen LogP contribution >= 0.6 is 0 Å². The van der Waals surface area contributed by atoms with Crippen LogP contribution in [-0.2, 0) is 10.0 Å². The smallest absolute Gasteiger partial charge is 0.237 e. The monoisotopic (exact) mass is 478 g/mol. The number of pyridine rings is 1. The molecule has 172 valence electrons. The molecule has 0 N–H and O–H groups in total. The molecule has 0 saturated carbocycles. The molecule has 0 amide bonds. The Hall–Kier alpha value is -4.28. The first-order valence-corrected chi connectivity index (χ1v) is 12.5. The van der Waals surface area contributed by atoms with Gasteiger partial charge >= 0.3 is 0 Å². The van der Waals surface area contributed by atoms with E-state index in [1.165, 1.54) is 9.54 Å². The Kier molecular flexibility index (Phi) is 5.67. The third-order valence-electron chi connectivity index (χ3n) is 5.73. The molecule has 0 saturated heterocycles. The molecule has 2 aromatic carbocycles. The lowest BCUT2D eigenvalue weighted by Gasteiger charge is -2.07. The minimum absolute atomic E-state index is 0.194. The average Bonchev–Trinajstić information content (AvgIpc) is 3.25. The molecule has 0 atom stereocenters. The van der Waals surface area contributed by atoms with Crippen molar-refractivity contribution in [3.05, 3.63) is 107 Å². The van der Waals surface area contributed by atoms with E-state index in [4.69, 9.17) is 0 Å². The van der Waals surface area contributed by atoms with Crippen LogP contribution in [0.3, 0.4) is 0 Å². The summed E-state index contributed by atoms with van der Waals surface area (Å²) in [4.78, 5) is 13.5. The Bertz CT molecular complexity index is 1740. The molecule has 7 heteroatoms. The van der Waals surface area contributed by atoms with Crippen molar-refractivity contribution in [3.63, 3.8) is 0 Å². The molecule has 0 fully saturated rings. The molecule has 3 heterocycles. The second-order valence-corrected chi connectivity index (χ2v) is 10.2. The SMILES string of the molecule is Cc1ccc(S(=O)(=O)n2cc(-c3ccnc(C#Cc4ccc(C)cc4C)n3)c3cccnc32)cc1. The summed E-state index contributed by atoms with van der Waals surface area (Å²) in [5.41, 5.74) is 5.71. The molecule has 3 aromatic heterocycles. The fourth-order valence-electron chi connectivity index (χ4n) is 3.89. The maximum atomic E-state index is 13.5. The van der Waals surface area contributed by atoms with Crippen molar-refractivity contribution in [3.8, 4) is 23.1 Å². The van der Waals surface area contributed by atoms with E-state index >= 15 is 0 Å². The molecule has 5 aromatic rings. The van der Waals surface area contributed by atoms with Crippen LogP contribution in [0, 0.1) is 32.6 Å². The maximum Gasteiger partial charge on any atom is 0.269 e. The Labute approximate surface area is 204 Å². The lowest BCUT2D eigenvalue weighted by atomic mass is 10.1. The first-order chi connectivity index (χ1) is 16.8. The van der Waals surface area contributed by atoms with Gasteiger partial charge in [-0.1, -0.05) is 41.3 Å². The van der Waals surface area contributed by atoms with Gasteiger partial charge in [0.15, 0.2) is 5.65 Å².